The van der Waals surface area contributed by atoms with Gasteiger partial charge in [0.25, 0.3) is 5.91 Å². The van der Waals surface area contributed by atoms with Gasteiger partial charge in [-0.1, -0.05) is 0 Å². The zero-order chi connectivity index (χ0) is 21.7. The van der Waals surface area contributed by atoms with Crippen molar-refractivity contribution in [3.05, 3.63) is 70.0 Å². The molecule has 0 unspecified atom stereocenters. The number of methoxy groups -OCH3 is 1. The lowest BCUT2D eigenvalue weighted by molar-refractivity contribution is -0.385. The molecule has 30 heavy (non-hydrogen) atoms. The third kappa shape index (κ3) is 4.41. The van der Waals surface area contributed by atoms with Crippen molar-refractivity contribution in [1.29, 1.82) is 0 Å². The number of anilines is 1. The van der Waals surface area contributed by atoms with Crippen molar-refractivity contribution in [2.75, 3.05) is 19.0 Å². The SMILES string of the molecule is CCOc1ccc(C(=O)Nc2cc(-c3ccc(CO)o3)ccc2OC)cc1[N+](=O)[O-]. The van der Waals surface area contributed by atoms with Gasteiger partial charge in [0.15, 0.2) is 5.75 Å². The first-order chi connectivity index (χ1) is 14.5. The summed E-state index contributed by atoms with van der Waals surface area (Å²) in [7, 11) is 1.46. The second-order valence-corrected chi connectivity index (χ2v) is 6.17. The van der Waals surface area contributed by atoms with Crippen molar-refractivity contribution in [2.24, 2.45) is 0 Å². The molecule has 1 aromatic heterocycles. The molecule has 0 fully saturated rings. The van der Waals surface area contributed by atoms with E-state index in [0.29, 0.717) is 28.5 Å². The van der Waals surface area contributed by atoms with Crippen LogP contribution in [0.4, 0.5) is 11.4 Å². The molecule has 9 heteroatoms. The minimum Gasteiger partial charge on any atom is -0.495 e. The van der Waals surface area contributed by atoms with Crippen LogP contribution in [-0.2, 0) is 6.61 Å². The Hall–Kier alpha value is -3.85. The number of hydrogen-bond acceptors (Lipinski definition) is 7. The average Bonchev–Trinajstić information content (AvgIpc) is 3.23. The monoisotopic (exact) mass is 412 g/mol. The number of rotatable bonds is 8. The minimum absolute atomic E-state index is 0.0936. The Morgan fingerprint density at radius 1 is 1.17 bits per heavy atom. The van der Waals surface area contributed by atoms with Crippen LogP contribution in [0.3, 0.4) is 0 Å². The number of benzene rings is 2. The molecular weight excluding hydrogens is 392 g/mol. The minimum atomic E-state index is -0.599. The van der Waals surface area contributed by atoms with E-state index in [-0.39, 0.29) is 30.2 Å². The molecule has 1 amide bonds. The van der Waals surface area contributed by atoms with E-state index in [1.54, 1.807) is 37.3 Å². The van der Waals surface area contributed by atoms with E-state index in [4.69, 9.17) is 19.0 Å². The van der Waals surface area contributed by atoms with Gasteiger partial charge in [0.2, 0.25) is 0 Å². The van der Waals surface area contributed by atoms with Gasteiger partial charge < -0.3 is 24.3 Å². The molecular formula is C21H20N2O7. The van der Waals surface area contributed by atoms with Crippen LogP contribution in [0.1, 0.15) is 23.0 Å². The van der Waals surface area contributed by atoms with E-state index in [9.17, 15) is 14.9 Å². The summed E-state index contributed by atoms with van der Waals surface area (Å²) in [4.78, 5) is 23.4. The summed E-state index contributed by atoms with van der Waals surface area (Å²) in [6.07, 6.45) is 0. The number of amides is 1. The first-order valence-corrected chi connectivity index (χ1v) is 9.07. The van der Waals surface area contributed by atoms with Crippen LogP contribution >= 0.6 is 0 Å². The predicted molar refractivity (Wildman–Crippen MR) is 109 cm³/mol. The van der Waals surface area contributed by atoms with Gasteiger partial charge in [0.1, 0.15) is 23.9 Å². The lowest BCUT2D eigenvalue weighted by Crippen LogP contribution is -2.13. The number of nitro benzene ring substituents is 1. The molecule has 0 saturated carbocycles. The third-order valence-corrected chi connectivity index (χ3v) is 4.27. The highest BCUT2D eigenvalue weighted by atomic mass is 16.6. The summed E-state index contributed by atoms with van der Waals surface area (Å²) in [5.41, 5.74) is 0.817. The van der Waals surface area contributed by atoms with Crippen LogP contribution in [0, 0.1) is 10.1 Å². The molecule has 0 aliphatic rings. The van der Waals surface area contributed by atoms with E-state index < -0.39 is 10.8 Å². The Morgan fingerprint density at radius 2 is 1.93 bits per heavy atom. The van der Waals surface area contributed by atoms with Gasteiger partial charge in [-0.25, -0.2) is 0 Å². The lowest BCUT2D eigenvalue weighted by Gasteiger charge is -2.12. The number of nitrogens with one attached hydrogen (secondary N) is 1. The highest BCUT2D eigenvalue weighted by Crippen LogP contribution is 2.33. The molecule has 1 heterocycles. The standard InChI is InChI=1S/C21H20N2O7/c1-3-29-20-8-5-14(11-17(20)23(26)27)21(25)22-16-10-13(4-7-19(16)28-2)18-9-6-15(12-24)30-18/h4-11,24H,3,12H2,1-2H3,(H,22,25). The number of nitrogens with zero attached hydrogens (tertiary/aromatic N) is 1. The van der Waals surface area contributed by atoms with Crippen molar-refractivity contribution in [3.63, 3.8) is 0 Å². The summed E-state index contributed by atoms with van der Waals surface area (Å²) in [6.45, 7) is 1.75. The lowest BCUT2D eigenvalue weighted by atomic mass is 10.1. The topological polar surface area (TPSA) is 124 Å². The Kier molecular flexibility index (Phi) is 6.33. The van der Waals surface area contributed by atoms with E-state index in [1.807, 2.05) is 0 Å². The molecule has 156 valence electrons. The van der Waals surface area contributed by atoms with E-state index in [1.165, 1.54) is 19.2 Å². The normalized spacial score (nSPS) is 10.5. The Bertz CT molecular complexity index is 1070. The number of aliphatic hydroxyl groups excluding tert-OH is 1. The smallest absolute Gasteiger partial charge is 0.311 e. The molecule has 2 N–H and O–H groups in total. The van der Waals surface area contributed by atoms with Crippen LogP contribution in [0.2, 0.25) is 0 Å². The van der Waals surface area contributed by atoms with Gasteiger partial charge in [-0.05, 0) is 49.4 Å². The molecule has 0 aliphatic heterocycles. The van der Waals surface area contributed by atoms with Crippen molar-refractivity contribution in [3.8, 4) is 22.8 Å². The first-order valence-electron chi connectivity index (χ1n) is 9.07. The Balaban J connectivity index is 1.91. The summed E-state index contributed by atoms with van der Waals surface area (Å²) < 4.78 is 16.1. The maximum absolute atomic E-state index is 12.7. The zero-order valence-corrected chi connectivity index (χ0v) is 16.4. The van der Waals surface area contributed by atoms with Gasteiger partial charge in [-0.3, -0.25) is 14.9 Å². The summed E-state index contributed by atoms with van der Waals surface area (Å²) in [5.74, 6) is 0.867. The van der Waals surface area contributed by atoms with Gasteiger partial charge in [-0.15, -0.1) is 0 Å². The van der Waals surface area contributed by atoms with Crippen LogP contribution in [-0.4, -0.2) is 29.7 Å². The van der Waals surface area contributed by atoms with Gasteiger partial charge in [0, 0.05) is 17.2 Å². The van der Waals surface area contributed by atoms with E-state index >= 15 is 0 Å². The van der Waals surface area contributed by atoms with Gasteiger partial charge in [-0.2, -0.15) is 0 Å². The van der Waals surface area contributed by atoms with E-state index in [0.717, 1.165) is 6.07 Å². The number of aliphatic hydroxyl groups is 1. The van der Waals surface area contributed by atoms with Crippen molar-refractivity contribution in [2.45, 2.75) is 13.5 Å². The number of carbonyl (C=O) groups is 1. The van der Waals surface area contributed by atoms with Crippen molar-refractivity contribution in [1.82, 2.24) is 0 Å². The van der Waals surface area contributed by atoms with Crippen LogP contribution < -0.4 is 14.8 Å². The molecule has 9 nitrogen and oxygen atoms in total. The molecule has 0 aliphatic carbocycles. The second kappa shape index (κ2) is 9.10. The van der Waals surface area contributed by atoms with Gasteiger partial charge >= 0.3 is 5.69 Å². The fourth-order valence-corrected chi connectivity index (χ4v) is 2.85. The summed E-state index contributed by atoms with van der Waals surface area (Å²) in [5, 5.41) is 23.2. The fourth-order valence-electron chi connectivity index (χ4n) is 2.85. The summed E-state index contributed by atoms with van der Waals surface area (Å²) >= 11 is 0. The maximum Gasteiger partial charge on any atom is 0.311 e. The third-order valence-electron chi connectivity index (χ3n) is 4.27. The Labute approximate surface area is 172 Å². The number of hydrogen-bond donors (Lipinski definition) is 2. The molecule has 0 radical (unpaired) electrons. The highest BCUT2D eigenvalue weighted by molar-refractivity contribution is 6.05. The largest absolute Gasteiger partial charge is 0.495 e. The second-order valence-electron chi connectivity index (χ2n) is 6.17. The zero-order valence-electron chi connectivity index (χ0n) is 16.4. The predicted octanol–water partition coefficient (Wildman–Crippen LogP) is 4.01. The van der Waals surface area contributed by atoms with Crippen LogP contribution in [0.5, 0.6) is 11.5 Å². The number of carbonyl (C=O) groups excluding carboxylic acids is 1. The number of nitro groups is 1. The first kappa shape index (κ1) is 20.9. The van der Waals surface area contributed by atoms with Crippen molar-refractivity contribution >= 4 is 17.3 Å². The molecule has 0 bridgehead atoms. The molecule has 3 rings (SSSR count). The molecule has 0 atom stereocenters. The molecule has 2 aromatic carbocycles. The highest BCUT2D eigenvalue weighted by Gasteiger charge is 2.20. The molecule has 0 spiro atoms. The van der Waals surface area contributed by atoms with E-state index in [2.05, 4.69) is 5.32 Å². The fraction of sp³-hybridized carbons (Fsp3) is 0.190. The van der Waals surface area contributed by atoms with Gasteiger partial charge in [0.05, 0.1) is 24.3 Å². The number of ether oxygens (including phenoxy) is 2. The molecule has 0 saturated heterocycles. The molecule has 3 aromatic rings. The number of furan rings is 1. The van der Waals surface area contributed by atoms with Crippen LogP contribution in [0.25, 0.3) is 11.3 Å². The van der Waals surface area contributed by atoms with Crippen LogP contribution in [0.15, 0.2) is 52.9 Å². The quantitative estimate of drug-likeness (QED) is 0.423. The summed E-state index contributed by atoms with van der Waals surface area (Å²) in [6, 6.07) is 12.4. The average molecular weight is 412 g/mol. The maximum atomic E-state index is 12.7. The van der Waals surface area contributed by atoms with Crippen molar-refractivity contribution < 1.29 is 28.7 Å². The Morgan fingerprint density at radius 3 is 2.57 bits per heavy atom.